The molecule has 0 bridgehead atoms. The number of thioether (sulfide) groups is 2. The largest absolute Gasteiger partial charge is 0.398 e. The topological polar surface area (TPSA) is 86.2 Å². The molecule has 0 heterocycles. The highest BCUT2D eigenvalue weighted by Gasteiger charge is 2.14. The fourth-order valence-corrected chi connectivity index (χ4v) is 3.24. The van der Waals surface area contributed by atoms with E-state index in [4.69, 9.17) is 11.5 Å². The number of nitrogen functional groups attached to an aromatic ring is 2. The number of carbonyl (C=O) groups is 2. The third-order valence-corrected chi connectivity index (χ3v) is 4.50. The molecule has 2 aromatic carbocycles. The predicted octanol–water partition coefficient (Wildman–Crippen LogP) is 3.18. The van der Waals surface area contributed by atoms with Crippen LogP contribution in [0.1, 0.15) is 6.42 Å². The first kappa shape index (κ1) is 15.5. The van der Waals surface area contributed by atoms with Crippen molar-refractivity contribution in [2.24, 2.45) is 0 Å². The molecule has 0 radical (unpaired) electrons. The van der Waals surface area contributed by atoms with E-state index in [-0.39, 0.29) is 16.7 Å². The van der Waals surface area contributed by atoms with Crippen molar-refractivity contribution >= 4 is 45.1 Å². The molecule has 0 aliphatic rings. The minimum absolute atomic E-state index is 0.169. The Hall–Kier alpha value is -1.92. The molecular formula is C15H14N2O2S2. The zero-order chi connectivity index (χ0) is 15.2. The fourth-order valence-electron chi connectivity index (χ4n) is 1.58. The van der Waals surface area contributed by atoms with Crippen LogP contribution < -0.4 is 11.5 Å². The fraction of sp³-hybridized carbons (Fsp3) is 0.0667. The molecule has 4 nitrogen and oxygen atoms in total. The molecule has 0 fully saturated rings. The van der Waals surface area contributed by atoms with Crippen molar-refractivity contribution in [3.05, 3.63) is 48.5 Å². The van der Waals surface area contributed by atoms with Crippen molar-refractivity contribution in [1.82, 2.24) is 0 Å². The van der Waals surface area contributed by atoms with Crippen LogP contribution in [0.15, 0.2) is 58.3 Å². The van der Waals surface area contributed by atoms with Crippen LogP contribution in [-0.2, 0) is 9.59 Å². The van der Waals surface area contributed by atoms with Gasteiger partial charge in [-0.05, 0) is 47.8 Å². The number of nitrogens with two attached hydrogens (primary N) is 2. The summed E-state index contributed by atoms with van der Waals surface area (Å²) in [6.45, 7) is 0. The lowest BCUT2D eigenvalue weighted by molar-refractivity contribution is -0.117. The molecule has 0 spiro atoms. The Morgan fingerprint density at radius 2 is 1.14 bits per heavy atom. The Bertz CT molecular complexity index is 617. The van der Waals surface area contributed by atoms with E-state index in [1.54, 1.807) is 48.5 Å². The Labute approximate surface area is 131 Å². The highest BCUT2D eigenvalue weighted by atomic mass is 32.2. The lowest BCUT2D eigenvalue weighted by atomic mass is 10.3. The normalized spacial score (nSPS) is 10.3. The van der Waals surface area contributed by atoms with E-state index in [1.165, 1.54) is 0 Å². The van der Waals surface area contributed by atoms with Crippen LogP contribution in [0, 0.1) is 0 Å². The maximum Gasteiger partial charge on any atom is 0.202 e. The minimum Gasteiger partial charge on any atom is -0.398 e. The lowest BCUT2D eigenvalue weighted by Gasteiger charge is -2.05. The predicted molar refractivity (Wildman–Crippen MR) is 88.1 cm³/mol. The summed E-state index contributed by atoms with van der Waals surface area (Å²) >= 11 is 1.97. The molecule has 0 saturated heterocycles. The zero-order valence-electron chi connectivity index (χ0n) is 11.1. The van der Waals surface area contributed by atoms with E-state index >= 15 is 0 Å². The molecule has 0 saturated carbocycles. The van der Waals surface area contributed by atoms with Crippen LogP contribution >= 0.6 is 23.5 Å². The van der Waals surface area contributed by atoms with Gasteiger partial charge in [0.1, 0.15) is 0 Å². The smallest absolute Gasteiger partial charge is 0.202 e. The van der Waals surface area contributed by atoms with Gasteiger partial charge >= 0.3 is 0 Å². The van der Waals surface area contributed by atoms with Gasteiger partial charge in [0.15, 0.2) is 0 Å². The molecule has 0 unspecified atom stereocenters. The van der Waals surface area contributed by atoms with E-state index in [2.05, 4.69) is 0 Å². The number of anilines is 2. The van der Waals surface area contributed by atoms with Gasteiger partial charge in [-0.2, -0.15) is 0 Å². The number of para-hydroxylation sites is 2. The Kier molecular flexibility index (Phi) is 5.30. The highest BCUT2D eigenvalue weighted by Crippen LogP contribution is 2.29. The maximum absolute atomic E-state index is 11.9. The van der Waals surface area contributed by atoms with Crippen molar-refractivity contribution in [1.29, 1.82) is 0 Å². The second-order valence-electron chi connectivity index (χ2n) is 4.20. The van der Waals surface area contributed by atoms with Crippen molar-refractivity contribution in [3.8, 4) is 0 Å². The Morgan fingerprint density at radius 1 is 0.762 bits per heavy atom. The first-order valence-electron chi connectivity index (χ1n) is 6.16. The summed E-state index contributed by atoms with van der Waals surface area (Å²) in [5.41, 5.74) is 12.6. The van der Waals surface area contributed by atoms with E-state index in [0.717, 1.165) is 23.5 Å². The highest BCUT2D eigenvalue weighted by molar-refractivity contribution is 8.15. The van der Waals surface area contributed by atoms with Crippen molar-refractivity contribution in [2.45, 2.75) is 16.2 Å². The Balaban J connectivity index is 1.93. The monoisotopic (exact) mass is 318 g/mol. The van der Waals surface area contributed by atoms with Gasteiger partial charge in [0.05, 0.1) is 6.42 Å². The molecule has 6 heteroatoms. The van der Waals surface area contributed by atoms with Crippen LogP contribution in [0.25, 0.3) is 0 Å². The van der Waals surface area contributed by atoms with Crippen LogP contribution in [0.4, 0.5) is 11.4 Å². The zero-order valence-corrected chi connectivity index (χ0v) is 12.7. The van der Waals surface area contributed by atoms with Crippen LogP contribution in [-0.4, -0.2) is 10.2 Å². The first-order chi connectivity index (χ1) is 10.1. The molecule has 0 aromatic heterocycles. The summed E-state index contributed by atoms with van der Waals surface area (Å²) in [5, 5.41) is -0.472. The number of carbonyl (C=O) groups excluding carboxylic acids is 2. The second-order valence-corrected chi connectivity index (χ2v) is 6.40. The van der Waals surface area contributed by atoms with E-state index in [1.807, 2.05) is 0 Å². The van der Waals surface area contributed by atoms with Crippen molar-refractivity contribution < 1.29 is 9.59 Å². The Morgan fingerprint density at radius 3 is 1.52 bits per heavy atom. The summed E-state index contributed by atoms with van der Waals surface area (Å²) < 4.78 is 0. The summed E-state index contributed by atoms with van der Waals surface area (Å²) in [7, 11) is 0. The number of rotatable bonds is 4. The standard InChI is InChI=1S/C15H14N2O2S2/c16-10-5-1-3-7-12(10)20-14(18)9-15(19)21-13-8-4-2-6-11(13)17/h1-8H,9,16-17H2. The molecule has 108 valence electrons. The van der Waals surface area contributed by atoms with E-state index in [0.29, 0.717) is 21.2 Å². The van der Waals surface area contributed by atoms with Gasteiger partial charge in [-0.3, -0.25) is 9.59 Å². The number of benzene rings is 2. The molecule has 0 atom stereocenters. The second kappa shape index (κ2) is 7.19. The third kappa shape index (κ3) is 4.54. The van der Waals surface area contributed by atoms with Crippen LogP contribution in [0.3, 0.4) is 0 Å². The SMILES string of the molecule is Nc1ccccc1SC(=O)CC(=O)Sc1ccccc1N. The minimum atomic E-state index is -0.236. The van der Waals surface area contributed by atoms with Crippen molar-refractivity contribution in [2.75, 3.05) is 11.5 Å². The molecule has 0 amide bonds. The molecule has 4 N–H and O–H groups in total. The summed E-state index contributed by atoms with van der Waals surface area (Å²) in [6, 6.07) is 14.1. The summed E-state index contributed by atoms with van der Waals surface area (Å²) in [5.74, 6) is 0. The van der Waals surface area contributed by atoms with E-state index in [9.17, 15) is 9.59 Å². The molecular weight excluding hydrogens is 304 g/mol. The van der Waals surface area contributed by atoms with Gasteiger partial charge < -0.3 is 11.5 Å². The number of hydrogen-bond acceptors (Lipinski definition) is 6. The van der Waals surface area contributed by atoms with Gasteiger partial charge in [-0.1, -0.05) is 24.3 Å². The quantitative estimate of drug-likeness (QED) is 0.511. The molecule has 0 aliphatic heterocycles. The van der Waals surface area contributed by atoms with Gasteiger partial charge in [-0.25, -0.2) is 0 Å². The molecule has 0 aliphatic carbocycles. The molecule has 2 rings (SSSR count). The van der Waals surface area contributed by atoms with E-state index < -0.39 is 0 Å². The lowest BCUT2D eigenvalue weighted by Crippen LogP contribution is -2.02. The average Bonchev–Trinajstić information content (AvgIpc) is 2.44. The van der Waals surface area contributed by atoms with Gasteiger partial charge in [0, 0.05) is 21.2 Å². The molecule has 2 aromatic rings. The third-order valence-electron chi connectivity index (χ3n) is 2.57. The summed E-state index contributed by atoms with van der Waals surface area (Å²) in [6.07, 6.45) is -0.169. The number of hydrogen-bond donors (Lipinski definition) is 2. The van der Waals surface area contributed by atoms with Crippen LogP contribution in [0.5, 0.6) is 0 Å². The van der Waals surface area contributed by atoms with Gasteiger partial charge in [-0.15, -0.1) is 0 Å². The van der Waals surface area contributed by atoms with Crippen LogP contribution in [0.2, 0.25) is 0 Å². The van der Waals surface area contributed by atoms with Gasteiger partial charge in [0.2, 0.25) is 10.2 Å². The van der Waals surface area contributed by atoms with Gasteiger partial charge in [0.25, 0.3) is 0 Å². The first-order valence-corrected chi connectivity index (χ1v) is 7.80. The average molecular weight is 318 g/mol. The summed E-state index contributed by atoms with van der Waals surface area (Å²) in [4.78, 5) is 25.1. The molecule has 21 heavy (non-hydrogen) atoms. The van der Waals surface area contributed by atoms with Crippen molar-refractivity contribution in [3.63, 3.8) is 0 Å². The maximum atomic E-state index is 11.9.